The maximum atomic E-state index is 12.2. The standard InChI is InChI=1S/C12H19N3O4/c1-6(2)13-8(16)7(3)15-10(18)12(4,5)9(17)14-11(15)19/h6-7H,1-5H3,(H,13,16)(H,14,17,19). The number of hydrogen-bond acceptors (Lipinski definition) is 4. The third-order valence-corrected chi connectivity index (χ3v) is 2.96. The third kappa shape index (κ3) is 2.74. The monoisotopic (exact) mass is 269 g/mol. The van der Waals surface area contributed by atoms with Gasteiger partial charge in [0.05, 0.1) is 0 Å². The highest BCUT2D eigenvalue weighted by molar-refractivity contribution is 6.19. The number of carbonyl (C=O) groups is 4. The largest absolute Gasteiger partial charge is 0.352 e. The molecule has 7 nitrogen and oxygen atoms in total. The summed E-state index contributed by atoms with van der Waals surface area (Å²) in [6.07, 6.45) is 0. The predicted molar refractivity (Wildman–Crippen MR) is 66.9 cm³/mol. The van der Waals surface area contributed by atoms with Crippen LogP contribution in [0.4, 0.5) is 4.79 Å². The number of amides is 5. The van der Waals surface area contributed by atoms with Crippen molar-refractivity contribution in [3.8, 4) is 0 Å². The van der Waals surface area contributed by atoms with E-state index >= 15 is 0 Å². The number of rotatable bonds is 3. The molecule has 1 aliphatic rings. The van der Waals surface area contributed by atoms with Gasteiger partial charge in [-0.1, -0.05) is 0 Å². The van der Waals surface area contributed by atoms with E-state index in [-0.39, 0.29) is 6.04 Å². The van der Waals surface area contributed by atoms with Crippen LogP contribution >= 0.6 is 0 Å². The summed E-state index contributed by atoms with van der Waals surface area (Å²) in [5.74, 6) is -1.77. The van der Waals surface area contributed by atoms with Crippen molar-refractivity contribution in [2.45, 2.75) is 46.7 Å². The molecule has 1 saturated heterocycles. The average Bonchev–Trinajstić information content (AvgIpc) is 2.26. The van der Waals surface area contributed by atoms with Crippen molar-refractivity contribution < 1.29 is 19.2 Å². The van der Waals surface area contributed by atoms with Crippen LogP contribution in [0.1, 0.15) is 34.6 Å². The van der Waals surface area contributed by atoms with Gasteiger partial charge < -0.3 is 5.32 Å². The zero-order valence-electron chi connectivity index (χ0n) is 11.7. The van der Waals surface area contributed by atoms with Crippen LogP contribution in [0.5, 0.6) is 0 Å². The van der Waals surface area contributed by atoms with Gasteiger partial charge in [-0.15, -0.1) is 0 Å². The first kappa shape index (κ1) is 15.1. The number of hydrogen-bond donors (Lipinski definition) is 2. The summed E-state index contributed by atoms with van der Waals surface area (Å²) < 4.78 is 0. The number of urea groups is 1. The van der Waals surface area contributed by atoms with Gasteiger partial charge in [0.25, 0.3) is 0 Å². The number of imide groups is 2. The minimum Gasteiger partial charge on any atom is -0.352 e. The molecule has 0 aliphatic carbocycles. The molecule has 0 aromatic carbocycles. The Bertz CT molecular complexity index is 442. The summed E-state index contributed by atoms with van der Waals surface area (Å²) in [5, 5.41) is 4.71. The van der Waals surface area contributed by atoms with Gasteiger partial charge in [-0.05, 0) is 34.6 Å². The molecule has 19 heavy (non-hydrogen) atoms. The molecule has 5 amide bonds. The minimum atomic E-state index is -1.36. The molecule has 0 saturated carbocycles. The van der Waals surface area contributed by atoms with Crippen LogP contribution in [0.25, 0.3) is 0 Å². The van der Waals surface area contributed by atoms with Crippen molar-refractivity contribution in [1.29, 1.82) is 0 Å². The lowest BCUT2D eigenvalue weighted by molar-refractivity contribution is -0.152. The van der Waals surface area contributed by atoms with Gasteiger partial charge >= 0.3 is 6.03 Å². The molecule has 0 aromatic heterocycles. The summed E-state index contributed by atoms with van der Waals surface area (Å²) in [6, 6.07) is -1.93. The second kappa shape index (κ2) is 4.99. The number of nitrogens with one attached hydrogen (secondary N) is 2. The molecule has 2 N–H and O–H groups in total. The smallest absolute Gasteiger partial charge is 0.331 e. The lowest BCUT2D eigenvalue weighted by atomic mass is 9.88. The summed E-state index contributed by atoms with van der Waals surface area (Å²) in [4.78, 5) is 48.1. The van der Waals surface area contributed by atoms with E-state index in [1.54, 1.807) is 13.8 Å². The highest BCUT2D eigenvalue weighted by atomic mass is 16.2. The predicted octanol–water partition coefficient (Wildman–Crippen LogP) is 0.00410. The molecular weight excluding hydrogens is 250 g/mol. The highest BCUT2D eigenvalue weighted by Gasteiger charge is 2.49. The first-order valence-electron chi connectivity index (χ1n) is 6.08. The van der Waals surface area contributed by atoms with Crippen molar-refractivity contribution in [3.63, 3.8) is 0 Å². The van der Waals surface area contributed by atoms with Gasteiger partial charge in [-0.25, -0.2) is 4.79 Å². The molecule has 1 atom stereocenters. The molecule has 1 aliphatic heterocycles. The molecule has 1 unspecified atom stereocenters. The fraction of sp³-hybridized carbons (Fsp3) is 0.667. The van der Waals surface area contributed by atoms with Crippen LogP contribution in [0, 0.1) is 5.41 Å². The third-order valence-electron chi connectivity index (χ3n) is 2.96. The van der Waals surface area contributed by atoms with Gasteiger partial charge in [0.1, 0.15) is 11.5 Å². The topological polar surface area (TPSA) is 95.6 Å². The highest BCUT2D eigenvalue weighted by Crippen LogP contribution is 2.24. The van der Waals surface area contributed by atoms with Gasteiger partial charge in [0.2, 0.25) is 17.7 Å². The summed E-state index contributed by atoms with van der Waals surface area (Å²) in [7, 11) is 0. The molecule has 0 aromatic rings. The van der Waals surface area contributed by atoms with E-state index in [1.807, 2.05) is 0 Å². The normalized spacial score (nSPS) is 20.3. The first-order valence-corrected chi connectivity index (χ1v) is 6.08. The van der Waals surface area contributed by atoms with Gasteiger partial charge in [-0.3, -0.25) is 24.6 Å². The van der Waals surface area contributed by atoms with Crippen LogP contribution in [-0.4, -0.2) is 40.7 Å². The van der Waals surface area contributed by atoms with Crippen LogP contribution in [-0.2, 0) is 14.4 Å². The zero-order chi connectivity index (χ0) is 15.0. The molecule has 1 fully saturated rings. The summed E-state index contributed by atoms with van der Waals surface area (Å²) >= 11 is 0. The van der Waals surface area contributed by atoms with Gasteiger partial charge in [0.15, 0.2) is 0 Å². The molecule has 0 spiro atoms. The number of barbiturate groups is 1. The fourth-order valence-corrected chi connectivity index (χ4v) is 1.68. The van der Waals surface area contributed by atoms with Gasteiger partial charge in [0, 0.05) is 6.04 Å². The van der Waals surface area contributed by atoms with E-state index in [9.17, 15) is 19.2 Å². The van der Waals surface area contributed by atoms with E-state index in [0.717, 1.165) is 4.90 Å². The van der Waals surface area contributed by atoms with Crippen molar-refractivity contribution in [2.24, 2.45) is 5.41 Å². The second-order valence-electron chi connectivity index (χ2n) is 5.40. The van der Waals surface area contributed by atoms with E-state index in [2.05, 4.69) is 10.6 Å². The van der Waals surface area contributed by atoms with E-state index in [4.69, 9.17) is 0 Å². The molecule has 1 rings (SSSR count). The van der Waals surface area contributed by atoms with Crippen molar-refractivity contribution in [1.82, 2.24) is 15.5 Å². The van der Waals surface area contributed by atoms with Crippen molar-refractivity contribution >= 4 is 23.8 Å². The van der Waals surface area contributed by atoms with E-state index < -0.39 is 35.2 Å². The van der Waals surface area contributed by atoms with E-state index in [0.29, 0.717) is 0 Å². The summed E-state index contributed by atoms with van der Waals surface area (Å²) in [6.45, 7) is 7.82. The molecule has 7 heteroatoms. The Labute approximate surface area is 111 Å². The maximum Gasteiger partial charge on any atom is 0.331 e. The van der Waals surface area contributed by atoms with Crippen LogP contribution in [0.3, 0.4) is 0 Å². The van der Waals surface area contributed by atoms with Crippen LogP contribution < -0.4 is 10.6 Å². The molecule has 0 radical (unpaired) electrons. The molecule has 0 bridgehead atoms. The summed E-state index contributed by atoms with van der Waals surface area (Å²) in [5.41, 5.74) is -1.36. The maximum absolute atomic E-state index is 12.2. The molecular formula is C12H19N3O4. The lowest BCUT2D eigenvalue weighted by Gasteiger charge is -2.37. The Morgan fingerprint density at radius 1 is 1.21 bits per heavy atom. The van der Waals surface area contributed by atoms with Crippen molar-refractivity contribution in [2.75, 3.05) is 0 Å². The Balaban J connectivity index is 2.98. The molecule has 1 heterocycles. The minimum absolute atomic E-state index is 0.104. The zero-order valence-corrected chi connectivity index (χ0v) is 11.7. The Morgan fingerprint density at radius 3 is 2.21 bits per heavy atom. The Hall–Kier alpha value is -1.92. The number of nitrogens with zero attached hydrogens (tertiary/aromatic N) is 1. The van der Waals surface area contributed by atoms with Crippen molar-refractivity contribution in [3.05, 3.63) is 0 Å². The fourth-order valence-electron chi connectivity index (χ4n) is 1.68. The second-order valence-corrected chi connectivity index (χ2v) is 5.40. The van der Waals surface area contributed by atoms with Crippen LogP contribution in [0.2, 0.25) is 0 Å². The quantitative estimate of drug-likeness (QED) is 0.705. The SMILES string of the molecule is CC(C)NC(=O)C(C)N1C(=O)NC(=O)C(C)(C)C1=O. The van der Waals surface area contributed by atoms with Gasteiger partial charge in [-0.2, -0.15) is 0 Å². The van der Waals surface area contributed by atoms with E-state index in [1.165, 1.54) is 20.8 Å². The Kier molecular flexibility index (Phi) is 3.97. The average molecular weight is 269 g/mol. The number of carbonyl (C=O) groups excluding carboxylic acids is 4. The lowest BCUT2D eigenvalue weighted by Crippen LogP contribution is -2.66. The van der Waals surface area contributed by atoms with Crippen LogP contribution in [0.15, 0.2) is 0 Å². The first-order chi connectivity index (χ1) is 8.59. The molecule has 106 valence electrons. The Morgan fingerprint density at radius 2 is 1.74 bits per heavy atom.